The normalized spacial score (nSPS) is 14.0. The molecule has 0 fully saturated rings. The van der Waals surface area contributed by atoms with Crippen LogP contribution in [0.5, 0.6) is 0 Å². The summed E-state index contributed by atoms with van der Waals surface area (Å²) < 4.78 is 10.9. The minimum absolute atomic E-state index is 0.269. The minimum Gasteiger partial charge on any atom is -0.323 e. The lowest BCUT2D eigenvalue weighted by atomic mass is 10.2. The molecule has 0 aliphatic carbocycles. The fraction of sp³-hybridized carbons (Fsp3) is 0.600. The van der Waals surface area contributed by atoms with Crippen LogP contribution in [0.2, 0.25) is 0 Å². The summed E-state index contributed by atoms with van der Waals surface area (Å²) in [6.45, 7) is 5.79. The second kappa shape index (κ2) is 5.69. The predicted molar refractivity (Wildman–Crippen MR) is 64.5 cm³/mol. The first-order valence-electron chi connectivity index (χ1n) is 5.40. The van der Waals surface area contributed by atoms with E-state index in [0.29, 0.717) is 6.54 Å². The Morgan fingerprint density at radius 1 is 1.29 bits per heavy atom. The lowest BCUT2D eigenvalue weighted by Crippen LogP contribution is -2.25. The first kappa shape index (κ1) is 14.3. The van der Waals surface area contributed by atoms with Crippen LogP contribution in [0.1, 0.15) is 38.1 Å². The largest absolute Gasteiger partial charge is 0.342 e. The molecule has 0 saturated heterocycles. The highest BCUT2D eigenvalue weighted by atomic mass is 31.2. The smallest absolute Gasteiger partial charge is 0.323 e. The van der Waals surface area contributed by atoms with E-state index in [1.807, 2.05) is 13.8 Å². The van der Waals surface area contributed by atoms with Crippen molar-refractivity contribution < 1.29 is 14.4 Å². The summed E-state index contributed by atoms with van der Waals surface area (Å²) in [7, 11) is -4.07. The van der Waals surface area contributed by atoms with Crippen LogP contribution in [0.3, 0.4) is 0 Å². The quantitative estimate of drug-likeness (QED) is 0.688. The maximum Gasteiger partial charge on any atom is 0.342 e. The molecule has 1 aromatic heterocycles. The van der Waals surface area contributed by atoms with Crippen molar-refractivity contribution in [3.63, 3.8) is 0 Å². The van der Waals surface area contributed by atoms with E-state index in [-0.39, 0.29) is 5.92 Å². The van der Waals surface area contributed by atoms with Gasteiger partial charge in [0.2, 0.25) is 0 Å². The fourth-order valence-corrected chi connectivity index (χ4v) is 1.47. The summed E-state index contributed by atoms with van der Waals surface area (Å²) >= 11 is 0. The van der Waals surface area contributed by atoms with Gasteiger partial charge in [-0.2, -0.15) is 0 Å². The van der Waals surface area contributed by atoms with Gasteiger partial charge in [0.25, 0.3) is 0 Å². The molecule has 0 aromatic carbocycles. The van der Waals surface area contributed by atoms with Gasteiger partial charge in [0, 0.05) is 30.4 Å². The van der Waals surface area contributed by atoms with Gasteiger partial charge in [-0.15, -0.1) is 0 Å². The van der Waals surface area contributed by atoms with Crippen molar-refractivity contribution in [3.05, 3.63) is 23.8 Å². The van der Waals surface area contributed by atoms with Crippen molar-refractivity contribution in [2.75, 3.05) is 0 Å². The van der Waals surface area contributed by atoms with Crippen molar-refractivity contribution in [1.29, 1.82) is 0 Å². The van der Waals surface area contributed by atoms with Crippen molar-refractivity contribution in [3.8, 4) is 0 Å². The second-order valence-electron chi connectivity index (χ2n) is 4.25. The molecule has 0 aliphatic rings. The Morgan fingerprint density at radius 2 is 1.82 bits per heavy atom. The Kier molecular flexibility index (Phi) is 4.77. The van der Waals surface area contributed by atoms with Crippen LogP contribution in [0.15, 0.2) is 12.4 Å². The molecule has 1 heterocycles. The van der Waals surface area contributed by atoms with Gasteiger partial charge in [-0.1, -0.05) is 13.8 Å². The molecule has 0 amide bonds. The summed E-state index contributed by atoms with van der Waals surface area (Å²) in [6, 6.07) is 0. The van der Waals surface area contributed by atoms with Crippen LogP contribution < -0.4 is 5.32 Å². The van der Waals surface area contributed by atoms with Gasteiger partial charge in [-0.25, -0.2) is 9.97 Å². The van der Waals surface area contributed by atoms with Crippen molar-refractivity contribution in [2.45, 2.75) is 39.0 Å². The fourth-order valence-electron chi connectivity index (χ4n) is 1.14. The maximum atomic E-state index is 10.9. The lowest BCUT2D eigenvalue weighted by Gasteiger charge is -2.15. The zero-order chi connectivity index (χ0) is 13.1. The van der Waals surface area contributed by atoms with Gasteiger partial charge < -0.3 is 9.79 Å². The van der Waals surface area contributed by atoms with Crippen LogP contribution in [0.4, 0.5) is 0 Å². The van der Waals surface area contributed by atoms with E-state index in [1.165, 1.54) is 6.92 Å². The summed E-state index contributed by atoms with van der Waals surface area (Å²) in [5.74, 6) is 0.162. The van der Waals surface area contributed by atoms with Crippen molar-refractivity contribution in [1.82, 2.24) is 15.3 Å². The highest BCUT2D eigenvalue weighted by Gasteiger charge is 2.22. The van der Waals surface area contributed by atoms with Gasteiger partial charge in [0.15, 0.2) is 0 Å². The van der Waals surface area contributed by atoms with E-state index >= 15 is 0 Å². The summed E-state index contributed by atoms with van der Waals surface area (Å²) in [5.41, 5.74) is 0.801. The van der Waals surface area contributed by atoms with Gasteiger partial charge >= 0.3 is 7.60 Å². The van der Waals surface area contributed by atoms with Crippen LogP contribution in [-0.2, 0) is 11.1 Å². The molecule has 0 unspecified atom stereocenters. The lowest BCUT2D eigenvalue weighted by molar-refractivity contribution is 0.350. The Morgan fingerprint density at radius 3 is 2.24 bits per heavy atom. The molecule has 7 heteroatoms. The molecule has 96 valence electrons. The number of nitrogens with one attached hydrogen (secondary N) is 1. The molecule has 0 saturated carbocycles. The predicted octanol–water partition coefficient (Wildman–Crippen LogP) is 1.21. The Labute approximate surface area is 101 Å². The van der Waals surface area contributed by atoms with E-state index in [9.17, 15) is 4.57 Å². The first-order chi connectivity index (χ1) is 7.80. The average Bonchev–Trinajstić information content (AvgIpc) is 2.25. The van der Waals surface area contributed by atoms with Gasteiger partial charge in [-0.3, -0.25) is 9.88 Å². The van der Waals surface area contributed by atoms with Crippen LogP contribution in [-0.4, -0.2) is 25.5 Å². The number of hydrogen-bond acceptors (Lipinski definition) is 4. The molecule has 0 bridgehead atoms. The highest BCUT2D eigenvalue weighted by molar-refractivity contribution is 7.52. The van der Waals surface area contributed by atoms with E-state index in [2.05, 4.69) is 15.3 Å². The maximum absolute atomic E-state index is 10.9. The van der Waals surface area contributed by atoms with E-state index < -0.39 is 13.4 Å². The molecular weight excluding hydrogens is 241 g/mol. The SMILES string of the molecule is CC(C)c1ncc(CN[C@@H](C)P(=O)(O)O)cn1. The minimum atomic E-state index is -4.07. The molecule has 0 aliphatic heterocycles. The molecule has 1 aromatic rings. The number of nitrogens with zero attached hydrogens (tertiary/aromatic N) is 2. The van der Waals surface area contributed by atoms with E-state index in [1.54, 1.807) is 12.4 Å². The second-order valence-corrected chi connectivity index (χ2v) is 6.20. The molecule has 3 N–H and O–H groups in total. The number of rotatable bonds is 5. The summed E-state index contributed by atoms with van der Waals surface area (Å²) in [4.78, 5) is 26.1. The van der Waals surface area contributed by atoms with Crippen molar-refractivity contribution in [2.24, 2.45) is 0 Å². The highest BCUT2D eigenvalue weighted by Crippen LogP contribution is 2.39. The molecule has 17 heavy (non-hydrogen) atoms. The summed E-state index contributed by atoms with van der Waals surface area (Å²) in [5, 5.41) is 2.74. The van der Waals surface area contributed by atoms with Crippen LogP contribution >= 0.6 is 7.60 Å². The number of aromatic nitrogens is 2. The molecule has 1 atom stereocenters. The Bertz CT molecular complexity index is 402. The molecular formula is C10H18N3O3P. The number of hydrogen-bond donors (Lipinski definition) is 3. The molecule has 0 spiro atoms. The first-order valence-corrected chi connectivity index (χ1v) is 7.08. The van der Waals surface area contributed by atoms with Gasteiger partial charge in [0.1, 0.15) is 11.6 Å². The van der Waals surface area contributed by atoms with E-state index in [4.69, 9.17) is 9.79 Å². The van der Waals surface area contributed by atoms with Gasteiger partial charge in [-0.05, 0) is 6.92 Å². The molecule has 0 radical (unpaired) electrons. The molecule has 1 rings (SSSR count). The monoisotopic (exact) mass is 259 g/mol. The third kappa shape index (κ3) is 4.52. The Hall–Kier alpha value is -0.810. The van der Waals surface area contributed by atoms with Crippen molar-refractivity contribution >= 4 is 7.60 Å². The standard InChI is InChI=1S/C10H18N3O3P/c1-7(2)10-12-5-9(6-13-10)4-11-8(3)17(14,15)16/h5-8,11H,4H2,1-3H3,(H2,14,15,16)/t8-/m1/s1. The Balaban J connectivity index is 2.56. The zero-order valence-corrected chi connectivity index (χ0v) is 11.1. The van der Waals surface area contributed by atoms with Crippen LogP contribution in [0, 0.1) is 0 Å². The summed E-state index contributed by atoms with van der Waals surface area (Å²) in [6.07, 6.45) is 3.34. The topological polar surface area (TPSA) is 95.3 Å². The molecule has 6 nitrogen and oxygen atoms in total. The average molecular weight is 259 g/mol. The van der Waals surface area contributed by atoms with Gasteiger partial charge in [0.05, 0.1) is 0 Å². The zero-order valence-electron chi connectivity index (χ0n) is 10.2. The third-order valence-corrected chi connectivity index (χ3v) is 3.54. The van der Waals surface area contributed by atoms with E-state index in [0.717, 1.165) is 11.4 Å². The third-order valence-electron chi connectivity index (χ3n) is 2.35. The van der Waals surface area contributed by atoms with Crippen LogP contribution in [0.25, 0.3) is 0 Å².